The van der Waals surface area contributed by atoms with E-state index >= 15 is 0 Å². The third kappa shape index (κ3) is 2.82. The van der Waals surface area contributed by atoms with Crippen molar-refractivity contribution in [2.75, 3.05) is 20.1 Å². The van der Waals surface area contributed by atoms with Crippen LogP contribution in [0.2, 0.25) is 0 Å². The first-order valence-electron chi connectivity index (χ1n) is 8.85. The van der Waals surface area contributed by atoms with Gasteiger partial charge in [-0.2, -0.15) is 0 Å². The van der Waals surface area contributed by atoms with E-state index < -0.39 is 0 Å². The van der Waals surface area contributed by atoms with Gasteiger partial charge in [0, 0.05) is 31.7 Å². The van der Waals surface area contributed by atoms with E-state index in [0.717, 1.165) is 24.0 Å². The van der Waals surface area contributed by atoms with Crippen LogP contribution in [0.4, 0.5) is 0 Å². The highest BCUT2D eigenvalue weighted by atomic mass is 16.2. The number of hydrogen-bond donors (Lipinski definition) is 0. The van der Waals surface area contributed by atoms with Gasteiger partial charge in [0.2, 0.25) is 5.91 Å². The van der Waals surface area contributed by atoms with Crippen LogP contribution in [0.5, 0.6) is 0 Å². The van der Waals surface area contributed by atoms with Crippen LogP contribution in [0.3, 0.4) is 0 Å². The molecule has 3 fully saturated rings. The maximum atomic E-state index is 13.3. The second-order valence-electron chi connectivity index (χ2n) is 7.00. The van der Waals surface area contributed by atoms with Crippen LogP contribution >= 0.6 is 0 Å². The Morgan fingerprint density at radius 3 is 2.48 bits per heavy atom. The van der Waals surface area contributed by atoms with Crippen LogP contribution in [0.1, 0.15) is 23.2 Å². The lowest BCUT2D eigenvalue weighted by molar-refractivity contribution is -0.138. The SMILES string of the molecule is CN1C(=O)[C@@H]2CC[C@H]1CN(C(=O)c1ccccc1-c1ccccc1)C2. The fourth-order valence-corrected chi connectivity index (χ4v) is 4.03. The minimum atomic E-state index is -0.0587. The molecule has 2 bridgehead atoms. The average molecular weight is 334 g/mol. The molecule has 128 valence electrons. The predicted molar refractivity (Wildman–Crippen MR) is 97.1 cm³/mol. The van der Waals surface area contributed by atoms with Gasteiger partial charge in [-0.15, -0.1) is 0 Å². The molecule has 2 atom stereocenters. The van der Waals surface area contributed by atoms with Crippen molar-refractivity contribution in [3.8, 4) is 11.1 Å². The lowest BCUT2D eigenvalue weighted by Crippen LogP contribution is -2.45. The summed E-state index contributed by atoms with van der Waals surface area (Å²) in [7, 11) is 1.87. The highest BCUT2D eigenvalue weighted by Gasteiger charge is 2.40. The highest BCUT2D eigenvalue weighted by molar-refractivity contribution is 6.01. The first-order chi connectivity index (χ1) is 12.1. The summed E-state index contributed by atoms with van der Waals surface area (Å²) < 4.78 is 0. The van der Waals surface area contributed by atoms with Gasteiger partial charge in [0.25, 0.3) is 5.91 Å². The molecule has 25 heavy (non-hydrogen) atoms. The Labute approximate surface area is 148 Å². The van der Waals surface area contributed by atoms with E-state index in [9.17, 15) is 9.59 Å². The van der Waals surface area contributed by atoms with Gasteiger partial charge in [0.05, 0.1) is 5.92 Å². The summed E-state index contributed by atoms with van der Waals surface area (Å²) in [6, 6.07) is 17.9. The molecule has 0 spiro atoms. The third-order valence-corrected chi connectivity index (χ3v) is 5.49. The number of benzene rings is 2. The second kappa shape index (κ2) is 6.36. The maximum absolute atomic E-state index is 13.3. The first kappa shape index (κ1) is 15.9. The number of amides is 2. The van der Waals surface area contributed by atoms with Crippen molar-refractivity contribution >= 4 is 11.8 Å². The summed E-state index contributed by atoms with van der Waals surface area (Å²) in [6.45, 7) is 1.16. The van der Waals surface area contributed by atoms with Crippen LogP contribution in [0.15, 0.2) is 54.6 Å². The van der Waals surface area contributed by atoms with E-state index in [1.165, 1.54) is 0 Å². The number of piperidine rings is 1. The van der Waals surface area contributed by atoms with E-state index in [-0.39, 0.29) is 23.8 Å². The smallest absolute Gasteiger partial charge is 0.254 e. The molecule has 0 saturated carbocycles. The minimum Gasteiger partial charge on any atom is -0.341 e. The number of nitrogens with zero attached hydrogens (tertiary/aromatic N) is 2. The number of carbonyl (C=O) groups excluding carboxylic acids is 2. The van der Waals surface area contributed by atoms with Gasteiger partial charge in [-0.3, -0.25) is 9.59 Å². The van der Waals surface area contributed by atoms with Crippen molar-refractivity contribution in [2.45, 2.75) is 18.9 Å². The van der Waals surface area contributed by atoms with E-state index in [0.29, 0.717) is 18.7 Å². The Hall–Kier alpha value is -2.62. The molecule has 0 N–H and O–H groups in total. The largest absolute Gasteiger partial charge is 0.341 e. The van der Waals surface area contributed by atoms with Crippen molar-refractivity contribution in [1.29, 1.82) is 0 Å². The maximum Gasteiger partial charge on any atom is 0.254 e. The van der Waals surface area contributed by atoms with Crippen LogP contribution in [0, 0.1) is 5.92 Å². The molecule has 2 amide bonds. The topological polar surface area (TPSA) is 40.6 Å². The lowest BCUT2D eigenvalue weighted by Gasteiger charge is -2.32. The summed E-state index contributed by atoms with van der Waals surface area (Å²) in [4.78, 5) is 29.4. The van der Waals surface area contributed by atoms with Crippen molar-refractivity contribution < 1.29 is 9.59 Å². The molecular formula is C21H22N2O2. The fraction of sp³-hybridized carbons (Fsp3) is 0.333. The Morgan fingerprint density at radius 1 is 0.960 bits per heavy atom. The minimum absolute atomic E-state index is 0.0273. The van der Waals surface area contributed by atoms with E-state index in [1.807, 2.05) is 71.4 Å². The molecule has 0 radical (unpaired) electrons. The fourth-order valence-electron chi connectivity index (χ4n) is 4.03. The first-order valence-corrected chi connectivity index (χ1v) is 8.85. The zero-order valence-electron chi connectivity index (χ0n) is 14.4. The molecule has 0 aliphatic carbocycles. The van der Waals surface area contributed by atoms with E-state index in [4.69, 9.17) is 0 Å². The number of rotatable bonds is 2. The van der Waals surface area contributed by atoms with Gasteiger partial charge < -0.3 is 9.80 Å². The Bertz CT molecular complexity index is 803. The predicted octanol–water partition coefficient (Wildman–Crippen LogP) is 3.05. The average Bonchev–Trinajstić information content (AvgIpc) is 2.95. The molecule has 4 heteroatoms. The third-order valence-electron chi connectivity index (χ3n) is 5.49. The van der Waals surface area contributed by atoms with Crippen molar-refractivity contribution in [3.05, 3.63) is 60.2 Å². The van der Waals surface area contributed by atoms with Gasteiger partial charge >= 0.3 is 0 Å². The Balaban J connectivity index is 1.67. The van der Waals surface area contributed by atoms with Crippen LogP contribution in [-0.4, -0.2) is 47.8 Å². The molecule has 5 rings (SSSR count). The van der Waals surface area contributed by atoms with Gasteiger partial charge in [-0.25, -0.2) is 0 Å². The Morgan fingerprint density at radius 2 is 1.68 bits per heavy atom. The molecular weight excluding hydrogens is 312 g/mol. The van der Waals surface area contributed by atoms with Crippen molar-refractivity contribution in [3.63, 3.8) is 0 Å². The van der Waals surface area contributed by atoms with Crippen LogP contribution < -0.4 is 0 Å². The summed E-state index contributed by atoms with van der Waals surface area (Å²) in [5.41, 5.74) is 2.70. The summed E-state index contributed by atoms with van der Waals surface area (Å²) in [5.74, 6) is 0.152. The van der Waals surface area contributed by atoms with Crippen LogP contribution in [-0.2, 0) is 4.79 Å². The quantitative estimate of drug-likeness (QED) is 0.847. The molecule has 3 heterocycles. The number of fused-ring (bicyclic) bond motifs is 4. The van der Waals surface area contributed by atoms with Crippen molar-refractivity contribution in [2.24, 2.45) is 5.92 Å². The zero-order valence-corrected chi connectivity index (χ0v) is 14.4. The van der Waals surface area contributed by atoms with Gasteiger partial charge in [0.15, 0.2) is 0 Å². The number of hydrogen-bond acceptors (Lipinski definition) is 2. The Kier molecular flexibility index (Phi) is 4.04. The molecule has 4 nitrogen and oxygen atoms in total. The van der Waals surface area contributed by atoms with E-state index in [2.05, 4.69) is 0 Å². The molecule has 0 unspecified atom stereocenters. The number of likely N-dealkylation sites (N-methyl/N-ethyl adjacent to an activating group) is 1. The van der Waals surface area contributed by atoms with Crippen LogP contribution in [0.25, 0.3) is 11.1 Å². The molecule has 2 aromatic rings. The second-order valence-corrected chi connectivity index (χ2v) is 7.00. The monoisotopic (exact) mass is 334 g/mol. The molecule has 3 aliphatic heterocycles. The number of carbonyl (C=O) groups is 2. The molecule has 0 aromatic heterocycles. The summed E-state index contributed by atoms with van der Waals surface area (Å²) in [5, 5.41) is 0. The van der Waals surface area contributed by atoms with Gasteiger partial charge in [-0.05, 0) is 30.0 Å². The normalized spacial score (nSPS) is 22.8. The van der Waals surface area contributed by atoms with Gasteiger partial charge in [-0.1, -0.05) is 48.5 Å². The molecule has 2 aromatic carbocycles. The zero-order chi connectivity index (χ0) is 17.4. The summed E-state index contributed by atoms with van der Waals surface area (Å²) >= 11 is 0. The summed E-state index contributed by atoms with van der Waals surface area (Å²) in [6.07, 6.45) is 1.87. The van der Waals surface area contributed by atoms with Crippen molar-refractivity contribution in [1.82, 2.24) is 9.80 Å². The highest BCUT2D eigenvalue weighted by Crippen LogP contribution is 2.30. The molecule has 3 saturated heterocycles. The molecule has 3 aliphatic rings. The lowest BCUT2D eigenvalue weighted by atomic mass is 9.95. The standard InChI is InChI=1S/C21H22N2O2/c1-22-17-12-11-16(20(22)24)13-23(14-17)21(25)19-10-6-5-9-18(19)15-7-3-2-4-8-15/h2-10,16-17H,11-14H2,1H3/t16-,17+/m1/s1. The van der Waals surface area contributed by atoms with Gasteiger partial charge in [0.1, 0.15) is 0 Å². The van der Waals surface area contributed by atoms with E-state index in [1.54, 1.807) is 0 Å².